The molecule has 2 heterocycles. The molecule has 0 aliphatic carbocycles. The average Bonchev–Trinajstić information content (AvgIpc) is 2.82. The quantitative estimate of drug-likeness (QED) is 0.727. The van der Waals surface area contributed by atoms with Crippen LogP contribution in [0, 0.1) is 0 Å². The van der Waals surface area contributed by atoms with E-state index in [1.807, 2.05) is 4.31 Å². The number of methoxy groups -OCH3 is 1. The molecule has 1 aliphatic heterocycles. The highest BCUT2D eigenvalue weighted by atomic mass is 32.2. The summed E-state index contributed by atoms with van der Waals surface area (Å²) in [5.41, 5.74) is 0. The Labute approximate surface area is 92.6 Å². The Morgan fingerprint density at radius 2 is 2.13 bits per heavy atom. The molecule has 2 rings (SSSR count). The van der Waals surface area contributed by atoms with Gasteiger partial charge in [0, 0.05) is 25.2 Å². The first kappa shape index (κ1) is 10.7. The summed E-state index contributed by atoms with van der Waals surface area (Å²) in [6.45, 7) is 1.83. The van der Waals surface area contributed by atoms with Gasteiger partial charge in [-0.25, -0.2) is 4.98 Å². The van der Waals surface area contributed by atoms with Crippen LogP contribution >= 0.6 is 0 Å². The Morgan fingerprint density at radius 3 is 2.67 bits per heavy atom. The van der Waals surface area contributed by atoms with Gasteiger partial charge < -0.3 is 9.29 Å². The third-order valence-electron chi connectivity index (χ3n) is 2.42. The first-order chi connectivity index (χ1) is 7.31. The second-order valence-corrected chi connectivity index (χ2v) is 4.91. The summed E-state index contributed by atoms with van der Waals surface area (Å²) in [6.07, 6.45) is 3.89. The Hall–Kier alpha value is -0.780. The van der Waals surface area contributed by atoms with Crippen LogP contribution in [0.5, 0.6) is 5.88 Å². The van der Waals surface area contributed by atoms with E-state index in [9.17, 15) is 4.55 Å². The number of hydrogen-bond donors (Lipinski definition) is 0. The lowest BCUT2D eigenvalue weighted by atomic mass is 10.4. The van der Waals surface area contributed by atoms with E-state index in [2.05, 4.69) is 4.98 Å². The van der Waals surface area contributed by atoms with Crippen LogP contribution in [-0.2, 0) is 11.4 Å². The van der Waals surface area contributed by atoms with Gasteiger partial charge in [-0.2, -0.15) is 0 Å². The molecule has 1 fully saturated rings. The van der Waals surface area contributed by atoms with Gasteiger partial charge in [0.1, 0.15) is 0 Å². The van der Waals surface area contributed by atoms with E-state index < -0.39 is 11.4 Å². The van der Waals surface area contributed by atoms with Crippen molar-refractivity contribution in [2.75, 3.05) is 20.2 Å². The maximum Gasteiger partial charge on any atom is 0.213 e. The van der Waals surface area contributed by atoms with Crippen LogP contribution < -0.4 is 4.74 Å². The fourth-order valence-corrected chi connectivity index (χ4v) is 2.81. The van der Waals surface area contributed by atoms with Crippen molar-refractivity contribution in [1.29, 1.82) is 0 Å². The molecule has 1 unspecified atom stereocenters. The molecule has 0 spiro atoms. The molecule has 5 heteroatoms. The van der Waals surface area contributed by atoms with E-state index in [4.69, 9.17) is 4.74 Å². The molecular formula is C10H14N2O2S. The predicted molar refractivity (Wildman–Crippen MR) is 58.0 cm³/mol. The zero-order chi connectivity index (χ0) is 10.7. The van der Waals surface area contributed by atoms with Crippen LogP contribution in [0.3, 0.4) is 0 Å². The summed E-state index contributed by atoms with van der Waals surface area (Å²) in [5.74, 6) is 0.553. The topological polar surface area (TPSA) is 48.4 Å². The summed E-state index contributed by atoms with van der Waals surface area (Å²) in [5, 5.41) is 0. The normalized spacial score (nSPS) is 19.1. The van der Waals surface area contributed by atoms with Gasteiger partial charge in [0.05, 0.1) is 24.7 Å². The van der Waals surface area contributed by atoms with Gasteiger partial charge in [-0.05, 0) is 12.8 Å². The van der Waals surface area contributed by atoms with E-state index >= 15 is 0 Å². The van der Waals surface area contributed by atoms with Gasteiger partial charge in [0.2, 0.25) is 5.88 Å². The molecule has 1 aliphatic rings. The predicted octanol–water partition coefficient (Wildman–Crippen LogP) is 1.21. The van der Waals surface area contributed by atoms with Crippen LogP contribution in [0.25, 0.3) is 0 Å². The van der Waals surface area contributed by atoms with Crippen LogP contribution in [0.1, 0.15) is 12.8 Å². The van der Waals surface area contributed by atoms with Crippen LogP contribution in [-0.4, -0.2) is 34.0 Å². The largest absolute Gasteiger partial charge is 0.593 e. The molecular weight excluding hydrogens is 212 g/mol. The van der Waals surface area contributed by atoms with Crippen molar-refractivity contribution in [2.45, 2.75) is 17.7 Å². The molecule has 0 aromatic carbocycles. The molecule has 0 saturated carbocycles. The Kier molecular flexibility index (Phi) is 3.45. The Morgan fingerprint density at radius 1 is 1.40 bits per heavy atom. The lowest BCUT2D eigenvalue weighted by Crippen LogP contribution is -2.27. The Bertz CT molecular complexity index is 312. The van der Waals surface area contributed by atoms with Crippen molar-refractivity contribution in [2.24, 2.45) is 0 Å². The number of rotatable bonds is 3. The van der Waals surface area contributed by atoms with E-state index in [0.29, 0.717) is 5.88 Å². The molecule has 82 valence electrons. The highest BCUT2D eigenvalue weighted by Crippen LogP contribution is 2.20. The van der Waals surface area contributed by atoms with Gasteiger partial charge in [0.25, 0.3) is 0 Å². The Balaban J connectivity index is 2.07. The molecule has 0 radical (unpaired) electrons. The van der Waals surface area contributed by atoms with Gasteiger partial charge in [0.15, 0.2) is 4.90 Å². The zero-order valence-corrected chi connectivity index (χ0v) is 9.50. The number of nitrogens with zero attached hydrogens (tertiary/aromatic N) is 2. The van der Waals surface area contributed by atoms with Crippen LogP contribution in [0.2, 0.25) is 0 Å². The third-order valence-corrected chi connectivity index (χ3v) is 3.90. The lowest BCUT2D eigenvalue weighted by Gasteiger charge is -2.18. The van der Waals surface area contributed by atoms with E-state index in [-0.39, 0.29) is 0 Å². The van der Waals surface area contributed by atoms with Crippen molar-refractivity contribution < 1.29 is 9.29 Å². The minimum absolute atomic E-state index is 0.553. The smallest absolute Gasteiger partial charge is 0.213 e. The zero-order valence-electron chi connectivity index (χ0n) is 8.68. The molecule has 1 aromatic heterocycles. The van der Waals surface area contributed by atoms with Gasteiger partial charge in [-0.1, -0.05) is 0 Å². The van der Waals surface area contributed by atoms with E-state index in [0.717, 1.165) is 30.8 Å². The molecule has 1 atom stereocenters. The average molecular weight is 226 g/mol. The lowest BCUT2D eigenvalue weighted by molar-refractivity contribution is 0.397. The SMILES string of the molecule is COc1ccc([S+]([O-])N2CCCC2)cn1. The van der Waals surface area contributed by atoms with E-state index in [1.165, 1.54) is 0 Å². The monoisotopic (exact) mass is 226 g/mol. The fraction of sp³-hybridized carbons (Fsp3) is 0.500. The van der Waals surface area contributed by atoms with Crippen LogP contribution in [0.15, 0.2) is 23.2 Å². The van der Waals surface area contributed by atoms with Crippen molar-refractivity contribution in [3.63, 3.8) is 0 Å². The van der Waals surface area contributed by atoms with E-state index in [1.54, 1.807) is 25.4 Å². The van der Waals surface area contributed by atoms with Gasteiger partial charge >= 0.3 is 0 Å². The molecule has 1 saturated heterocycles. The maximum atomic E-state index is 12.0. The third kappa shape index (κ3) is 2.42. The van der Waals surface area contributed by atoms with Crippen molar-refractivity contribution in [3.05, 3.63) is 18.3 Å². The second kappa shape index (κ2) is 4.83. The number of ether oxygens (including phenoxy) is 1. The first-order valence-electron chi connectivity index (χ1n) is 4.98. The van der Waals surface area contributed by atoms with Crippen molar-refractivity contribution >= 4 is 11.4 Å². The standard InChI is InChI=1S/C10H14N2O2S/c1-14-10-5-4-9(8-11-10)15(13)12-6-2-3-7-12/h4-5,8H,2-3,6-7H2,1H3. The first-order valence-corrected chi connectivity index (χ1v) is 6.09. The van der Waals surface area contributed by atoms with Gasteiger partial charge in [-0.15, -0.1) is 4.31 Å². The summed E-state index contributed by atoms with van der Waals surface area (Å²) >= 11 is -1.05. The molecule has 15 heavy (non-hydrogen) atoms. The molecule has 0 N–H and O–H groups in total. The number of aromatic nitrogens is 1. The second-order valence-electron chi connectivity index (χ2n) is 3.42. The molecule has 0 amide bonds. The molecule has 4 nitrogen and oxygen atoms in total. The van der Waals surface area contributed by atoms with Crippen LogP contribution in [0.4, 0.5) is 0 Å². The summed E-state index contributed by atoms with van der Waals surface area (Å²) in [4.78, 5) is 4.80. The number of pyridine rings is 1. The maximum absolute atomic E-state index is 12.0. The minimum Gasteiger partial charge on any atom is -0.593 e. The summed E-state index contributed by atoms with van der Waals surface area (Å²) < 4.78 is 18.9. The summed E-state index contributed by atoms with van der Waals surface area (Å²) in [6, 6.07) is 3.55. The minimum atomic E-state index is -1.05. The summed E-state index contributed by atoms with van der Waals surface area (Å²) in [7, 11) is 1.57. The van der Waals surface area contributed by atoms with Gasteiger partial charge in [-0.3, -0.25) is 0 Å². The van der Waals surface area contributed by atoms with Crippen molar-refractivity contribution in [3.8, 4) is 5.88 Å². The highest BCUT2D eigenvalue weighted by Gasteiger charge is 2.25. The van der Waals surface area contributed by atoms with Crippen molar-refractivity contribution in [1.82, 2.24) is 9.29 Å². The molecule has 1 aromatic rings. The highest BCUT2D eigenvalue weighted by molar-refractivity contribution is 7.89. The number of hydrogen-bond acceptors (Lipinski definition) is 4. The fourth-order valence-electron chi connectivity index (χ4n) is 1.59. The molecule has 0 bridgehead atoms.